The van der Waals surface area contributed by atoms with Gasteiger partial charge in [-0.25, -0.2) is 4.98 Å². The quantitative estimate of drug-likeness (QED) is 0.174. The molecule has 1 saturated heterocycles. The predicted octanol–water partition coefficient (Wildman–Crippen LogP) is 4.70. The van der Waals surface area contributed by atoms with Crippen LogP contribution in [-0.4, -0.2) is 73.5 Å². The van der Waals surface area contributed by atoms with Crippen LogP contribution in [0.15, 0.2) is 53.6 Å². The molecule has 1 aliphatic heterocycles. The Kier molecular flexibility index (Phi) is 7.66. The van der Waals surface area contributed by atoms with Gasteiger partial charge in [-0.05, 0) is 63.1 Å². The summed E-state index contributed by atoms with van der Waals surface area (Å²) in [6.45, 7) is 9.57. The summed E-state index contributed by atoms with van der Waals surface area (Å²) in [5, 5.41) is 26.6. The number of aromatic hydroxyl groups is 1. The third-order valence-electron chi connectivity index (χ3n) is 8.30. The summed E-state index contributed by atoms with van der Waals surface area (Å²) < 4.78 is 7.81. The van der Waals surface area contributed by atoms with Crippen molar-refractivity contribution in [1.82, 2.24) is 24.4 Å². The van der Waals surface area contributed by atoms with Gasteiger partial charge in [0, 0.05) is 48.8 Å². The highest BCUT2D eigenvalue weighted by Crippen LogP contribution is 2.36. The molecule has 220 valence electrons. The second-order valence-corrected chi connectivity index (χ2v) is 11.3. The van der Waals surface area contributed by atoms with Gasteiger partial charge < -0.3 is 39.7 Å². The molecular formula is C32H38N6O4. The molecule has 10 heteroatoms. The molecule has 4 heterocycles. The molecule has 42 heavy (non-hydrogen) atoms. The van der Waals surface area contributed by atoms with Gasteiger partial charge in [-0.1, -0.05) is 24.6 Å². The van der Waals surface area contributed by atoms with Crippen molar-refractivity contribution in [3.05, 3.63) is 70.3 Å². The third-order valence-corrected chi connectivity index (χ3v) is 8.30. The van der Waals surface area contributed by atoms with Crippen LogP contribution < -0.4 is 15.6 Å². The van der Waals surface area contributed by atoms with Gasteiger partial charge in [-0.2, -0.15) is 0 Å². The lowest BCUT2D eigenvalue weighted by Crippen LogP contribution is -2.34. The maximum atomic E-state index is 13.0. The van der Waals surface area contributed by atoms with Crippen molar-refractivity contribution in [2.75, 3.05) is 38.1 Å². The smallest absolute Gasteiger partial charge is 0.261 e. The minimum Gasteiger partial charge on any atom is -0.494 e. The number of pyridine rings is 1. The first-order chi connectivity index (χ1) is 20.3. The summed E-state index contributed by atoms with van der Waals surface area (Å²) >= 11 is 0. The average Bonchev–Trinajstić information content (AvgIpc) is 3.54. The number of aryl methyl sites for hydroxylation is 2. The first kappa shape index (κ1) is 27.9. The maximum absolute atomic E-state index is 13.0. The fourth-order valence-electron chi connectivity index (χ4n) is 5.93. The molecule has 5 N–H and O–H groups in total. The van der Waals surface area contributed by atoms with Crippen molar-refractivity contribution in [3.8, 4) is 23.0 Å². The van der Waals surface area contributed by atoms with Gasteiger partial charge >= 0.3 is 0 Å². The second kappa shape index (κ2) is 11.5. The Hall–Kier alpha value is -4.28. The number of ether oxygens (including phenoxy) is 1. The molecule has 0 amide bonds. The summed E-state index contributed by atoms with van der Waals surface area (Å²) in [6.07, 6.45) is 4.78. The van der Waals surface area contributed by atoms with Crippen molar-refractivity contribution in [2.45, 2.75) is 45.8 Å². The number of nitrogens with one attached hydrogen (secondary N) is 3. The Morgan fingerprint density at radius 1 is 1.17 bits per heavy atom. The standard InChI is InChI=1S/C32H38N6O4/c1-4-37-11-8-22(9-12-37)38-17-21-14-26-27(15-24(21)32(38)41)36-30(35-26)29-25(7-10-33-31(29)40)34-16-23(39)18-42-28-6-5-19(2)13-20(28)3/h5-7,10,13-15,17,22-23,39,41H,4,8-9,11-12,16,18H2,1-3H3,(H,35,36)(H2,33,34,40)/t23-/m1/s1. The summed E-state index contributed by atoms with van der Waals surface area (Å²) in [4.78, 5) is 26.1. The van der Waals surface area contributed by atoms with Crippen molar-refractivity contribution in [2.24, 2.45) is 0 Å². The molecule has 0 aliphatic carbocycles. The van der Waals surface area contributed by atoms with Gasteiger partial charge in [0.05, 0.1) is 16.7 Å². The molecule has 0 spiro atoms. The van der Waals surface area contributed by atoms with E-state index in [0.717, 1.165) is 65.6 Å². The summed E-state index contributed by atoms with van der Waals surface area (Å²) in [6, 6.07) is 11.8. The first-order valence-corrected chi connectivity index (χ1v) is 14.6. The van der Waals surface area contributed by atoms with E-state index >= 15 is 0 Å². The molecular weight excluding hydrogens is 532 g/mol. The number of benzene rings is 2. The molecule has 5 aromatic rings. The molecule has 10 nitrogen and oxygen atoms in total. The molecule has 6 rings (SSSR count). The minimum absolute atomic E-state index is 0.108. The normalized spacial score (nSPS) is 15.4. The fourth-order valence-corrected chi connectivity index (χ4v) is 5.93. The van der Waals surface area contributed by atoms with E-state index in [1.807, 2.05) is 54.9 Å². The highest BCUT2D eigenvalue weighted by atomic mass is 16.5. The lowest BCUT2D eigenvalue weighted by atomic mass is 10.1. The fraction of sp³-hybridized carbons (Fsp3) is 0.375. The van der Waals surface area contributed by atoms with Crippen LogP contribution in [0, 0.1) is 13.8 Å². The minimum atomic E-state index is -0.803. The van der Waals surface area contributed by atoms with Crippen LogP contribution in [0.25, 0.3) is 33.2 Å². The molecule has 0 unspecified atom stereocenters. The number of rotatable bonds is 9. The molecule has 2 aromatic carbocycles. The molecule has 0 bridgehead atoms. The van der Waals surface area contributed by atoms with E-state index < -0.39 is 6.10 Å². The van der Waals surface area contributed by atoms with E-state index in [1.165, 1.54) is 0 Å². The molecule has 1 atom stereocenters. The average molecular weight is 571 g/mol. The second-order valence-electron chi connectivity index (χ2n) is 11.3. The number of aliphatic hydroxyl groups is 1. The lowest BCUT2D eigenvalue weighted by Gasteiger charge is -2.32. The zero-order valence-corrected chi connectivity index (χ0v) is 24.3. The number of anilines is 1. The van der Waals surface area contributed by atoms with Gasteiger partial charge in [0.2, 0.25) is 0 Å². The molecule has 1 aliphatic rings. The largest absolute Gasteiger partial charge is 0.494 e. The maximum Gasteiger partial charge on any atom is 0.261 e. The van der Waals surface area contributed by atoms with E-state index in [1.54, 1.807) is 12.3 Å². The SMILES string of the molecule is CCN1CCC(n2cc3cc4[nH]c(-c5c(NC[C@@H](O)COc6ccc(C)cc6C)cc[nH]c5=O)nc4cc3c2O)CC1. The molecule has 0 radical (unpaired) electrons. The van der Waals surface area contributed by atoms with Gasteiger partial charge in [0.25, 0.3) is 5.56 Å². The van der Waals surface area contributed by atoms with Crippen LogP contribution >= 0.6 is 0 Å². The number of hydrogen-bond donors (Lipinski definition) is 5. The number of aromatic nitrogens is 4. The number of imidazole rings is 1. The zero-order chi connectivity index (χ0) is 29.4. The number of aromatic amines is 2. The Balaban J connectivity index is 1.21. The van der Waals surface area contributed by atoms with Crippen LogP contribution in [0.5, 0.6) is 11.6 Å². The molecule has 1 fully saturated rings. The van der Waals surface area contributed by atoms with Crippen molar-refractivity contribution in [3.63, 3.8) is 0 Å². The van der Waals surface area contributed by atoms with Crippen LogP contribution in [0.1, 0.15) is 36.9 Å². The number of hydrogen-bond acceptors (Lipinski definition) is 7. The number of likely N-dealkylation sites (tertiary alicyclic amines) is 1. The van der Waals surface area contributed by atoms with Gasteiger partial charge in [0.15, 0.2) is 5.88 Å². The Morgan fingerprint density at radius 3 is 2.74 bits per heavy atom. The number of piperidine rings is 1. The van der Waals surface area contributed by atoms with Gasteiger partial charge in [-0.3, -0.25) is 4.79 Å². The Labute approximate surface area is 244 Å². The Morgan fingerprint density at radius 2 is 1.98 bits per heavy atom. The first-order valence-electron chi connectivity index (χ1n) is 14.6. The number of fused-ring (bicyclic) bond motifs is 2. The zero-order valence-electron chi connectivity index (χ0n) is 24.3. The van der Waals surface area contributed by atoms with E-state index in [4.69, 9.17) is 9.72 Å². The van der Waals surface area contributed by atoms with E-state index in [2.05, 4.69) is 27.1 Å². The van der Waals surface area contributed by atoms with Crippen LogP contribution in [-0.2, 0) is 0 Å². The summed E-state index contributed by atoms with van der Waals surface area (Å²) in [5.41, 5.74) is 4.17. The monoisotopic (exact) mass is 570 g/mol. The van der Waals surface area contributed by atoms with E-state index in [-0.39, 0.29) is 30.6 Å². The van der Waals surface area contributed by atoms with E-state index in [9.17, 15) is 15.0 Å². The third kappa shape index (κ3) is 5.47. The van der Waals surface area contributed by atoms with Gasteiger partial charge in [0.1, 0.15) is 29.8 Å². The lowest BCUT2D eigenvalue weighted by molar-refractivity contribution is 0.117. The highest BCUT2D eigenvalue weighted by molar-refractivity contribution is 5.99. The number of aliphatic hydroxyl groups excluding tert-OH is 1. The van der Waals surface area contributed by atoms with Crippen molar-refractivity contribution < 1.29 is 14.9 Å². The Bertz CT molecular complexity index is 1780. The van der Waals surface area contributed by atoms with Crippen LogP contribution in [0.3, 0.4) is 0 Å². The van der Waals surface area contributed by atoms with Crippen LogP contribution in [0.4, 0.5) is 5.69 Å². The number of nitrogens with zero attached hydrogens (tertiary/aromatic N) is 3. The van der Waals surface area contributed by atoms with E-state index in [0.29, 0.717) is 22.6 Å². The summed E-state index contributed by atoms with van der Waals surface area (Å²) in [5.74, 6) is 1.39. The van der Waals surface area contributed by atoms with Crippen molar-refractivity contribution >= 4 is 27.5 Å². The number of H-pyrrole nitrogens is 2. The predicted molar refractivity (Wildman–Crippen MR) is 166 cm³/mol. The summed E-state index contributed by atoms with van der Waals surface area (Å²) in [7, 11) is 0. The molecule has 0 saturated carbocycles. The van der Waals surface area contributed by atoms with Gasteiger partial charge in [-0.15, -0.1) is 0 Å². The molecule has 3 aromatic heterocycles. The van der Waals surface area contributed by atoms with Crippen LogP contribution in [0.2, 0.25) is 0 Å². The highest BCUT2D eigenvalue weighted by Gasteiger charge is 2.23. The van der Waals surface area contributed by atoms with Crippen molar-refractivity contribution in [1.29, 1.82) is 0 Å². The topological polar surface area (TPSA) is 131 Å².